The van der Waals surface area contributed by atoms with Gasteiger partial charge in [-0.2, -0.15) is 0 Å². The molecule has 9 heteroatoms. The van der Waals surface area contributed by atoms with Crippen LogP contribution in [0.4, 0.5) is 10.8 Å². The fourth-order valence-corrected chi connectivity index (χ4v) is 3.54. The number of nitrogens with zero attached hydrogens (tertiary/aromatic N) is 3. The number of anilines is 2. The van der Waals surface area contributed by atoms with E-state index in [1.54, 1.807) is 18.1 Å². The highest BCUT2D eigenvalue weighted by atomic mass is 32.1. The second kappa shape index (κ2) is 7.79. The van der Waals surface area contributed by atoms with Crippen LogP contribution in [0.25, 0.3) is 0 Å². The predicted octanol–water partition coefficient (Wildman–Crippen LogP) is 2.17. The van der Waals surface area contributed by atoms with Gasteiger partial charge < -0.3 is 15.0 Å². The average molecular weight is 375 g/mol. The summed E-state index contributed by atoms with van der Waals surface area (Å²) >= 11 is 1.25. The fourth-order valence-electron chi connectivity index (χ4n) is 2.81. The maximum atomic E-state index is 12.9. The maximum Gasteiger partial charge on any atom is 0.258 e. The Balaban J connectivity index is 1.73. The van der Waals surface area contributed by atoms with Crippen LogP contribution < -0.4 is 10.6 Å². The number of methoxy groups -OCH3 is 1. The number of amides is 2. The molecule has 2 aromatic rings. The molecule has 0 saturated carbocycles. The van der Waals surface area contributed by atoms with Crippen molar-refractivity contribution in [3.63, 3.8) is 0 Å². The lowest BCUT2D eigenvalue weighted by Crippen LogP contribution is -2.53. The van der Waals surface area contributed by atoms with Crippen LogP contribution in [0.3, 0.4) is 0 Å². The number of nitrogens with one attached hydrogen (secondary N) is 2. The van der Waals surface area contributed by atoms with E-state index in [2.05, 4.69) is 20.8 Å². The summed E-state index contributed by atoms with van der Waals surface area (Å²) < 4.78 is 4.99. The first-order valence-electron chi connectivity index (χ1n) is 8.27. The van der Waals surface area contributed by atoms with E-state index in [0.29, 0.717) is 22.3 Å². The van der Waals surface area contributed by atoms with E-state index < -0.39 is 0 Å². The van der Waals surface area contributed by atoms with E-state index in [4.69, 9.17) is 4.74 Å². The highest BCUT2D eigenvalue weighted by Gasteiger charge is 2.34. The quantitative estimate of drug-likeness (QED) is 0.803. The third-order valence-electron chi connectivity index (χ3n) is 3.98. The molecule has 2 N–H and O–H groups in total. The molecule has 8 nitrogen and oxygen atoms in total. The van der Waals surface area contributed by atoms with Crippen molar-refractivity contribution in [1.82, 2.24) is 15.1 Å². The number of para-hydroxylation sites is 1. The summed E-state index contributed by atoms with van der Waals surface area (Å²) in [5, 5.41) is 15.0. The van der Waals surface area contributed by atoms with Gasteiger partial charge in [0.15, 0.2) is 0 Å². The molecular weight excluding hydrogens is 354 g/mol. The Hall–Kier alpha value is -2.52. The van der Waals surface area contributed by atoms with E-state index in [1.807, 2.05) is 32.0 Å². The van der Waals surface area contributed by atoms with Crippen LogP contribution in [0.15, 0.2) is 24.3 Å². The molecule has 1 aromatic carbocycles. The first-order valence-corrected chi connectivity index (χ1v) is 9.09. The van der Waals surface area contributed by atoms with E-state index in [9.17, 15) is 9.59 Å². The van der Waals surface area contributed by atoms with Gasteiger partial charge >= 0.3 is 0 Å². The van der Waals surface area contributed by atoms with Gasteiger partial charge in [-0.1, -0.05) is 37.3 Å². The molecule has 0 unspecified atom stereocenters. The van der Waals surface area contributed by atoms with Crippen molar-refractivity contribution in [2.45, 2.75) is 26.6 Å². The number of rotatable bonds is 6. The minimum absolute atomic E-state index is 0.0673. The zero-order chi connectivity index (χ0) is 18.7. The van der Waals surface area contributed by atoms with Crippen LogP contribution >= 0.6 is 11.3 Å². The zero-order valence-electron chi connectivity index (χ0n) is 14.9. The Morgan fingerprint density at radius 3 is 2.88 bits per heavy atom. The van der Waals surface area contributed by atoms with Crippen LogP contribution in [-0.2, 0) is 16.1 Å². The van der Waals surface area contributed by atoms with Crippen LogP contribution in [0, 0.1) is 5.92 Å². The lowest BCUT2D eigenvalue weighted by atomic mass is 10.0. The minimum atomic E-state index is -0.315. The average Bonchev–Trinajstić information content (AvgIpc) is 3.04. The number of ether oxygens (including phenoxy) is 1. The topological polar surface area (TPSA) is 96.5 Å². The normalized spacial score (nSPS) is 16.4. The Labute approximate surface area is 155 Å². The molecule has 1 aliphatic heterocycles. The number of carbonyl (C=O) groups excluding carboxylic acids is 2. The second-order valence-corrected chi connectivity index (χ2v) is 7.36. The molecule has 0 aliphatic carbocycles. The Morgan fingerprint density at radius 2 is 2.15 bits per heavy atom. The van der Waals surface area contributed by atoms with E-state index in [-0.39, 0.29) is 30.4 Å². The van der Waals surface area contributed by atoms with Gasteiger partial charge in [0.25, 0.3) is 5.91 Å². The third-order valence-corrected chi connectivity index (χ3v) is 4.80. The molecule has 0 radical (unpaired) electrons. The molecule has 0 saturated heterocycles. The first kappa shape index (κ1) is 18.3. The summed E-state index contributed by atoms with van der Waals surface area (Å²) in [6.45, 7) is 4.29. The summed E-state index contributed by atoms with van der Waals surface area (Å²) in [5.41, 5.74) is 1.36. The minimum Gasteiger partial charge on any atom is -0.377 e. The number of hydrogen-bond donors (Lipinski definition) is 2. The number of fused-ring (bicyclic) bond motifs is 1. The lowest BCUT2D eigenvalue weighted by Gasteiger charge is -2.39. The van der Waals surface area contributed by atoms with Crippen LogP contribution in [0.1, 0.15) is 29.2 Å². The van der Waals surface area contributed by atoms with Gasteiger partial charge in [-0.15, -0.1) is 10.2 Å². The molecule has 3 rings (SSSR count). The summed E-state index contributed by atoms with van der Waals surface area (Å²) in [7, 11) is 1.57. The Kier molecular flexibility index (Phi) is 5.48. The molecule has 1 aliphatic rings. The molecule has 26 heavy (non-hydrogen) atoms. The number of aromatic nitrogens is 2. The molecule has 0 fully saturated rings. The van der Waals surface area contributed by atoms with Gasteiger partial charge in [-0.3, -0.25) is 14.9 Å². The number of hydrogen-bond acceptors (Lipinski definition) is 7. The van der Waals surface area contributed by atoms with Crippen molar-refractivity contribution in [1.29, 1.82) is 0 Å². The van der Waals surface area contributed by atoms with E-state index in [0.717, 1.165) is 5.69 Å². The summed E-state index contributed by atoms with van der Waals surface area (Å²) in [6, 6.07) is 7.32. The van der Waals surface area contributed by atoms with Gasteiger partial charge in [-0.05, 0) is 18.1 Å². The largest absolute Gasteiger partial charge is 0.377 e. The third kappa shape index (κ3) is 3.83. The summed E-state index contributed by atoms with van der Waals surface area (Å²) in [6.07, 6.45) is -0.262. The van der Waals surface area contributed by atoms with Crippen molar-refractivity contribution in [3.05, 3.63) is 34.8 Å². The SMILES string of the molecule is COCc1nnc(NC(=O)CN2C(=O)c3ccccc3N[C@@H]2C(C)C)s1. The van der Waals surface area contributed by atoms with Gasteiger partial charge in [0, 0.05) is 12.8 Å². The smallest absolute Gasteiger partial charge is 0.258 e. The van der Waals surface area contributed by atoms with Gasteiger partial charge in [0.2, 0.25) is 11.0 Å². The summed E-state index contributed by atoms with van der Waals surface area (Å²) in [4.78, 5) is 26.9. The highest BCUT2D eigenvalue weighted by Crippen LogP contribution is 2.28. The fraction of sp³-hybridized carbons (Fsp3) is 0.412. The molecule has 138 valence electrons. The van der Waals surface area contributed by atoms with Gasteiger partial charge in [0.05, 0.1) is 5.56 Å². The van der Waals surface area contributed by atoms with Crippen molar-refractivity contribution >= 4 is 34.0 Å². The zero-order valence-corrected chi connectivity index (χ0v) is 15.7. The van der Waals surface area contributed by atoms with E-state index in [1.165, 1.54) is 11.3 Å². The lowest BCUT2D eigenvalue weighted by molar-refractivity contribution is -0.117. The molecule has 1 aromatic heterocycles. The first-order chi connectivity index (χ1) is 12.5. The molecule has 0 bridgehead atoms. The summed E-state index contributed by atoms with van der Waals surface area (Å²) in [5.74, 6) is -0.342. The number of benzene rings is 1. The van der Waals surface area contributed by atoms with E-state index >= 15 is 0 Å². The predicted molar refractivity (Wildman–Crippen MR) is 99.0 cm³/mol. The standard InChI is InChI=1S/C17H21N5O3S/c1-10(2)15-18-12-7-5-4-6-11(12)16(24)22(15)8-13(23)19-17-21-20-14(26-17)9-25-3/h4-7,10,15,18H,8-9H2,1-3H3,(H,19,21,23)/t15-/m0/s1. The molecular formula is C17H21N5O3S. The maximum absolute atomic E-state index is 12.9. The van der Waals surface area contributed by atoms with Crippen LogP contribution in [0.5, 0.6) is 0 Å². The Bertz CT molecular complexity index is 807. The van der Waals surface area contributed by atoms with Crippen molar-refractivity contribution < 1.29 is 14.3 Å². The van der Waals surface area contributed by atoms with Crippen molar-refractivity contribution in [3.8, 4) is 0 Å². The van der Waals surface area contributed by atoms with Gasteiger partial charge in [-0.25, -0.2) is 0 Å². The molecule has 2 amide bonds. The second-order valence-electron chi connectivity index (χ2n) is 6.29. The molecule has 2 heterocycles. The Morgan fingerprint density at radius 1 is 1.38 bits per heavy atom. The molecule has 0 spiro atoms. The highest BCUT2D eigenvalue weighted by molar-refractivity contribution is 7.15. The van der Waals surface area contributed by atoms with Crippen molar-refractivity contribution in [2.24, 2.45) is 5.92 Å². The van der Waals surface area contributed by atoms with Crippen LogP contribution in [-0.4, -0.2) is 46.7 Å². The monoisotopic (exact) mass is 375 g/mol. The van der Waals surface area contributed by atoms with Gasteiger partial charge in [0.1, 0.15) is 24.3 Å². The van der Waals surface area contributed by atoms with Crippen molar-refractivity contribution in [2.75, 3.05) is 24.3 Å². The number of carbonyl (C=O) groups is 2. The van der Waals surface area contributed by atoms with Crippen LogP contribution in [0.2, 0.25) is 0 Å². The molecule has 1 atom stereocenters.